The van der Waals surface area contributed by atoms with Crippen molar-refractivity contribution in [1.29, 1.82) is 0 Å². The molecule has 12 rings (SSSR count). The fraction of sp³-hybridized carbons (Fsp3) is 0.0308. The SMILES string of the molecule is CC.c1ccc(-c2ccc(N(c3ccc(-c4ccc5c(c4)c4ccccc4n5-c4ccccc4)cc3)c3cccc(-c4ccccc4-c4nc(-c5ccccc5)nc(-c5ccccc5)n4)c3)cc2)cc1. The first-order valence-corrected chi connectivity index (χ1v) is 23.9. The monoisotopic (exact) mass is 899 g/mol. The van der Waals surface area contributed by atoms with Crippen LogP contribution in [0.5, 0.6) is 0 Å². The van der Waals surface area contributed by atoms with Crippen molar-refractivity contribution in [3.63, 3.8) is 0 Å². The second-order valence-electron chi connectivity index (χ2n) is 16.8. The second kappa shape index (κ2) is 19.6. The lowest BCUT2D eigenvalue weighted by Gasteiger charge is -2.26. The van der Waals surface area contributed by atoms with E-state index in [4.69, 9.17) is 15.0 Å². The number of fused-ring (bicyclic) bond motifs is 3. The first-order chi connectivity index (χ1) is 34.7. The van der Waals surface area contributed by atoms with E-state index < -0.39 is 0 Å². The molecule has 0 radical (unpaired) electrons. The van der Waals surface area contributed by atoms with Crippen LogP contribution >= 0.6 is 0 Å². The summed E-state index contributed by atoms with van der Waals surface area (Å²) in [5, 5.41) is 2.47. The van der Waals surface area contributed by atoms with Crippen molar-refractivity contribution in [3.8, 4) is 73.2 Å². The maximum Gasteiger partial charge on any atom is 0.164 e. The molecule has 5 heteroatoms. The largest absolute Gasteiger partial charge is 0.310 e. The molecule has 0 unspecified atom stereocenters. The van der Waals surface area contributed by atoms with E-state index in [1.54, 1.807) is 0 Å². The van der Waals surface area contributed by atoms with Crippen LogP contribution in [0.15, 0.2) is 261 Å². The average Bonchev–Trinajstić information content (AvgIpc) is 3.79. The number of aromatic nitrogens is 4. The Bertz CT molecular complexity index is 3640. The first-order valence-electron chi connectivity index (χ1n) is 23.9. The van der Waals surface area contributed by atoms with Gasteiger partial charge in [0.1, 0.15) is 0 Å². The lowest BCUT2D eigenvalue weighted by atomic mass is 9.98. The van der Waals surface area contributed by atoms with Crippen LogP contribution in [0.25, 0.3) is 95.0 Å². The first kappa shape index (κ1) is 43.4. The summed E-state index contributed by atoms with van der Waals surface area (Å²) < 4.78 is 2.36. The van der Waals surface area contributed by atoms with Gasteiger partial charge in [-0.1, -0.05) is 208 Å². The topological polar surface area (TPSA) is 46.8 Å². The predicted octanol–water partition coefficient (Wildman–Crippen LogP) is 17.5. The highest BCUT2D eigenvalue weighted by atomic mass is 15.1. The van der Waals surface area contributed by atoms with Gasteiger partial charge in [0, 0.05) is 50.2 Å². The Balaban J connectivity index is 0.00000263. The van der Waals surface area contributed by atoms with Crippen LogP contribution in [-0.4, -0.2) is 19.5 Å². The van der Waals surface area contributed by atoms with Crippen LogP contribution in [0.1, 0.15) is 13.8 Å². The van der Waals surface area contributed by atoms with Crippen LogP contribution in [0, 0.1) is 0 Å². The number of hydrogen-bond donors (Lipinski definition) is 0. The zero-order valence-electron chi connectivity index (χ0n) is 39.1. The summed E-state index contributed by atoms with van der Waals surface area (Å²) >= 11 is 0. The summed E-state index contributed by atoms with van der Waals surface area (Å²) in [5.74, 6) is 1.88. The number of hydrogen-bond acceptors (Lipinski definition) is 4. The van der Waals surface area contributed by atoms with Crippen molar-refractivity contribution >= 4 is 38.9 Å². The average molecular weight is 900 g/mol. The molecule has 0 aliphatic carbocycles. The normalized spacial score (nSPS) is 11.0. The highest BCUT2D eigenvalue weighted by molar-refractivity contribution is 6.10. The molecule has 70 heavy (non-hydrogen) atoms. The zero-order valence-corrected chi connectivity index (χ0v) is 39.1. The second-order valence-corrected chi connectivity index (χ2v) is 16.8. The van der Waals surface area contributed by atoms with Crippen LogP contribution in [0.2, 0.25) is 0 Å². The van der Waals surface area contributed by atoms with E-state index in [9.17, 15) is 0 Å². The fourth-order valence-electron chi connectivity index (χ4n) is 9.36. The van der Waals surface area contributed by atoms with Gasteiger partial charge in [0.15, 0.2) is 17.5 Å². The fourth-order valence-corrected chi connectivity index (χ4v) is 9.36. The van der Waals surface area contributed by atoms with Crippen molar-refractivity contribution in [2.24, 2.45) is 0 Å². The smallest absolute Gasteiger partial charge is 0.164 e. The molecule has 0 N–H and O–H groups in total. The number of nitrogens with zero attached hydrogens (tertiary/aromatic N) is 5. The third kappa shape index (κ3) is 8.53. The van der Waals surface area contributed by atoms with E-state index in [1.807, 2.05) is 74.5 Å². The summed E-state index contributed by atoms with van der Waals surface area (Å²) in [6.45, 7) is 4.00. The number of anilines is 3. The standard InChI is InChI=1S/C63H43N5.C2H6/c1-5-18-44(19-6-1)45-32-37-52(38-33-45)67(53-39-34-46(35-40-53)49-36-41-60-58(43-49)56-29-15-16-31-59(56)68(60)51-25-11-4-12-26-51)54-27-17-24-50(42-54)55-28-13-14-30-57(55)63-65-61(47-20-7-2-8-21-47)64-62(66-63)48-22-9-3-10-23-48;1-2/h1-43H;1-2H3. The Morgan fingerprint density at radius 1 is 0.286 bits per heavy atom. The molecule has 2 heterocycles. The maximum atomic E-state index is 5.12. The Hall–Kier alpha value is -9.19. The molecular weight excluding hydrogens is 851 g/mol. The molecule has 0 atom stereocenters. The van der Waals surface area contributed by atoms with Gasteiger partial charge in [-0.3, -0.25) is 0 Å². The third-order valence-electron chi connectivity index (χ3n) is 12.7. The molecular formula is C65H49N5. The Kier molecular flexibility index (Phi) is 12.1. The molecule has 334 valence electrons. The van der Waals surface area contributed by atoms with Crippen molar-refractivity contribution in [1.82, 2.24) is 19.5 Å². The number of benzene rings is 10. The number of rotatable bonds is 10. The molecule has 2 aromatic heterocycles. The molecule has 0 fully saturated rings. The van der Waals surface area contributed by atoms with Gasteiger partial charge in [-0.25, -0.2) is 15.0 Å². The van der Waals surface area contributed by atoms with E-state index in [1.165, 1.54) is 38.5 Å². The van der Waals surface area contributed by atoms with Crippen molar-refractivity contribution in [3.05, 3.63) is 261 Å². The molecule has 12 aromatic rings. The molecule has 5 nitrogen and oxygen atoms in total. The van der Waals surface area contributed by atoms with Crippen LogP contribution in [-0.2, 0) is 0 Å². The van der Waals surface area contributed by atoms with Gasteiger partial charge < -0.3 is 9.47 Å². The van der Waals surface area contributed by atoms with Gasteiger partial charge >= 0.3 is 0 Å². The summed E-state index contributed by atoms with van der Waals surface area (Å²) in [6, 6.07) is 91.9. The minimum absolute atomic E-state index is 0.616. The third-order valence-corrected chi connectivity index (χ3v) is 12.7. The molecule has 0 amide bonds. The lowest BCUT2D eigenvalue weighted by Crippen LogP contribution is -2.10. The summed E-state index contributed by atoms with van der Waals surface area (Å²) in [7, 11) is 0. The highest BCUT2D eigenvalue weighted by Gasteiger charge is 2.19. The zero-order chi connectivity index (χ0) is 47.2. The van der Waals surface area contributed by atoms with Crippen LogP contribution < -0.4 is 4.90 Å². The minimum Gasteiger partial charge on any atom is -0.310 e. The molecule has 0 saturated carbocycles. The highest BCUT2D eigenvalue weighted by Crippen LogP contribution is 2.41. The van der Waals surface area contributed by atoms with E-state index >= 15 is 0 Å². The van der Waals surface area contributed by atoms with Gasteiger partial charge in [-0.05, 0) is 100 Å². The van der Waals surface area contributed by atoms with Gasteiger partial charge in [-0.2, -0.15) is 0 Å². The predicted molar refractivity (Wildman–Crippen MR) is 293 cm³/mol. The molecule has 10 aromatic carbocycles. The summed E-state index contributed by atoms with van der Waals surface area (Å²) in [5.41, 5.74) is 16.2. The molecule has 0 aliphatic heterocycles. The minimum atomic E-state index is 0.616. The van der Waals surface area contributed by atoms with Crippen LogP contribution in [0.3, 0.4) is 0 Å². The Labute approximate surface area is 409 Å². The van der Waals surface area contributed by atoms with Gasteiger partial charge in [-0.15, -0.1) is 0 Å². The summed E-state index contributed by atoms with van der Waals surface area (Å²) in [4.78, 5) is 17.5. The number of para-hydroxylation sites is 2. The Morgan fingerprint density at radius 2 is 0.729 bits per heavy atom. The van der Waals surface area contributed by atoms with E-state index in [-0.39, 0.29) is 0 Å². The van der Waals surface area contributed by atoms with Gasteiger partial charge in [0.25, 0.3) is 0 Å². The molecule has 0 bridgehead atoms. The van der Waals surface area contributed by atoms with E-state index in [0.29, 0.717) is 17.5 Å². The van der Waals surface area contributed by atoms with Gasteiger partial charge in [0.2, 0.25) is 0 Å². The van der Waals surface area contributed by atoms with Crippen molar-refractivity contribution in [2.45, 2.75) is 13.8 Å². The summed E-state index contributed by atoms with van der Waals surface area (Å²) in [6.07, 6.45) is 0. The van der Waals surface area contributed by atoms with Crippen molar-refractivity contribution < 1.29 is 0 Å². The van der Waals surface area contributed by atoms with Gasteiger partial charge in [0.05, 0.1) is 11.0 Å². The van der Waals surface area contributed by atoms with E-state index in [0.717, 1.165) is 56.1 Å². The molecule has 0 spiro atoms. The quantitative estimate of drug-likeness (QED) is 0.137. The Morgan fingerprint density at radius 3 is 1.34 bits per heavy atom. The van der Waals surface area contributed by atoms with Crippen LogP contribution in [0.4, 0.5) is 17.1 Å². The molecule has 0 aliphatic rings. The van der Waals surface area contributed by atoms with E-state index in [2.05, 4.69) is 210 Å². The lowest BCUT2D eigenvalue weighted by molar-refractivity contribution is 1.07. The van der Waals surface area contributed by atoms with Crippen molar-refractivity contribution in [2.75, 3.05) is 4.90 Å². The molecule has 0 saturated heterocycles. The maximum absolute atomic E-state index is 5.12.